The van der Waals surface area contributed by atoms with Gasteiger partial charge in [0.2, 0.25) is 0 Å². The van der Waals surface area contributed by atoms with Crippen LogP contribution in [-0.4, -0.2) is 31.6 Å². The van der Waals surface area contributed by atoms with Crippen LogP contribution in [0.5, 0.6) is 0 Å². The normalized spacial score (nSPS) is 31.5. The molecule has 2 aliphatic heterocycles. The standard InChI is InChI=1S/C16H29NO2/c1-2-9-16(10-5-11-17-13-16)15(18)8-3-6-14-7-4-12-19-14/h14,17H,2-13H2,1H3. The molecule has 1 N–H and O–H groups in total. The fraction of sp³-hybridized carbons (Fsp3) is 0.938. The fourth-order valence-electron chi connectivity index (χ4n) is 3.66. The second kappa shape index (κ2) is 7.39. The van der Waals surface area contributed by atoms with E-state index in [2.05, 4.69) is 12.2 Å². The maximum Gasteiger partial charge on any atom is 0.140 e. The van der Waals surface area contributed by atoms with E-state index in [9.17, 15) is 4.79 Å². The van der Waals surface area contributed by atoms with Crippen LogP contribution in [0.25, 0.3) is 0 Å². The van der Waals surface area contributed by atoms with Crippen LogP contribution < -0.4 is 5.32 Å². The monoisotopic (exact) mass is 267 g/mol. The predicted octanol–water partition coefficient (Wildman–Crippen LogP) is 3.07. The van der Waals surface area contributed by atoms with Crippen molar-refractivity contribution in [2.24, 2.45) is 5.41 Å². The van der Waals surface area contributed by atoms with E-state index in [-0.39, 0.29) is 5.41 Å². The number of hydrogen-bond acceptors (Lipinski definition) is 3. The summed E-state index contributed by atoms with van der Waals surface area (Å²) in [4.78, 5) is 12.6. The Labute approximate surface area is 117 Å². The van der Waals surface area contributed by atoms with Gasteiger partial charge in [0.1, 0.15) is 5.78 Å². The molecule has 2 unspecified atom stereocenters. The van der Waals surface area contributed by atoms with Gasteiger partial charge in [0.15, 0.2) is 0 Å². The van der Waals surface area contributed by atoms with Crippen LogP contribution in [0.15, 0.2) is 0 Å². The number of ether oxygens (including phenoxy) is 1. The average Bonchev–Trinajstić information content (AvgIpc) is 2.93. The molecule has 2 aliphatic rings. The molecule has 19 heavy (non-hydrogen) atoms. The largest absolute Gasteiger partial charge is 0.378 e. The molecule has 0 spiro atoms. The summed E-state index contributed by atoms with van der Waals surface area (Å²) in [6.45, 7) is 5.09. The lowest BCUT2D eigenvalue weighted by atomic mass is 9.72. The Morgan fingerprint density at radius 2 is 2.32 bits per heavy atom. The Bertz CT molecular complexity index is 273. The third kappa shape index (κ3) is 4.03. The average molecular weight is 267 g/mol. The number of piperidine rings is 1. The molecule has 110 valence electrons. The van der Waals surface area contributed by atoms with E-state index in [0.717, 1.165) is 64.6 Å². The Hall–Kier alpha value is -0.410. The first-order valence-electron chi connectivity index (χ1n) is 8.12. The smallest absolute Gasteiger partial charge is 0.140 e. The van der Waals surface area contributed by atoms with E-state index in [1.807, 2.05) is 0 Å². The van der Waals surface area contributed by atoms with Crippen LogP contribution >= 0.6 is 0 Å². The maximum absolute atomic E-state index is 12.6. The SMILES string of the molecule is CCCC1(C(=O)CCCC2CCCO2)CCCNC1. The summed E-state index contributed by atoms with van der Waals surface area (Å²) < 4.78 is 5.63. The summed E-state index contributed by atoms with van der Waals surface area (Å²) in [5, 5.41) is 3.43. The van der Waals surface area contributed by atoms with Gasteiger partial charge in [0.05, 0.1) is 6.10 Å². The lowest BCUT2D eigenvalue weighted by Gasteiger charge is -2.36. The molecule has 3 nitrogen and oxygen atoms in total. The van der Waals surface area contributed by atoms with Gasteiger partial charge in [-0.05, 0) is 51.5 Å². The van der Waals surface area contributed by atoms with Crippen LogP contribution in [0.2, 0.25) is 0 Å². The number of carbonyl (C=O) groups excluding carboxylic acids is 1. The van der Waals surface area contributed by atoms with E-state index in [0.29, 0.717) is 11.9 Å². The Morgan fingerprint density at radius 3 is 2.95 bits per heavy atom. The van der Waals surface area contributed by atoms with Crippen molar-refractivity contribution < 1.29 is 9.53 Å². The first kappa shape index (κ1) is 15.0. The van der Waals surface area contributed by atoms with Crippen molar-refractivity contribution in [2.75, 3.05) is 19.7 Å². The molecule has 0 saturated carbocycles. The summed E-state index contributed by atoms with van der Waals surface area (Å²) in [5.41, 5.74) is -0.0521. The third-order valence-corrected chi connectivity index (χ3v) is 4.75. The minimum atomic E-state index is -0.0521. The number of nitrogens with one attached hydrogen (secondary N) is 1. The number of carbonyl (C=O) groups is 1. The summed E-state index contributed by atoms with van der Waals surface area (Å²) >= 11 is 0. The molecular formula is C16H29NO2. The second-order valence-corrected chi connectivity index (χ2v) is 6.26. The summed E-state index contributed by atoms with van der Waals surface area (Å²) in [5.74, 6) is 0.500. The molecule has 0 radical (unpaired) electrons. The first-order valence-corrected chi connectivity index (χ1v) is 8.12. The Morgan fingerprint density at radius 1 is 1.42 bits per heavy atom. The van der Waals surface area contributed by atoms with Crippen molar-refractivity contribution in [3.63, 3.8) is 0 Å². The summed E-state index contributed by atoms with van der Waals surface area (Å²) in [7, 11) is 0. The van der Waals surface area contributed by atoms with Crippen LogP contribution in [0.1, 0.15) is 64.7 Å². The molecule has 3 heteroatoms. The number of rotatable bonds is 7. The molecule has 2 heterocycles. The van der Waals surface area contributed by atoms with E-state index in [4.69, 9.17) is 4.74 Å². The van der Waals surface area contributed by atoms with Gasteiger partial charge in [-0.15, -0.1) is 0 Å². The molecule has 0 amide bonds. The highest BCUT2D eigenvalue weighted by atomic mass is 16.5. The molecule has 2 saturated heterocycles. The zero-order chi connectivity index (χ0) is 13.6. The molecule has 2 rings (SSSR count). The number of hydrogen-bond donors (Lipinski definition) is 1. The summed E-state index contributed by atoms with van der Waals surface area (Å²) in [6, 6.07) is 0. The highest BCUT2D eigenvalue weighted by Gasteiger charge is 2.37. The van der Waals surface area contributed by atoms with Crippen molar-refractivity contribution in [2.45, 2.75) is 70.8 Å². The molecule has 0 aromatic carbocycles. The van der Waals surface area contributed by atoms with Crippen LogP contribution in [-0.2, 0) is 9.53 Å². The Balaban J connectivity index is 1.78. The number of Topliss-reactive ketones (excluding diaryl/α,β-unsaturated/α-hetero) is 1. The van der Waals surface area contributed by atoms with Gasteiger partial charge in [-0.2, -0.15) is 0 Å². The van der Waals surface area contributed by atoms with Gasteiger partial charge in [-0.3, -0.25) is 4.79 Å². The molecule has 0 aromatic rings. The highest BCUT2D eigenvalue weighted by Crippen LogP contribution is 2.34. The predicted molar refractivity (Wildman–Crippen MR) is 77.3 cm³/mol. The van der Waals surface area contributed by atoms with Gasteiger partial charge < -0.3 is 10.1 Å². The third-order valence-electron chi connectivity index (χ3n) is 4.75. The maximum atomic E-state index is 12.6. The van der Waals surface area contributed by atoms with E-state index < -0.39 is 0 Å². The van der Waals surface area contributed by atoms with Crippen molar-refractivity contribution >= 4 is 5.78 Å². The van der Waals surface area contributed by atoms with Crippen molar-refractivity contribution in [1.29, 1.82) is 0 Å². The first-order chi connectivity index (χ1) is 9.27. The van der Waals surface area contributed by atoms with Crippen molar-refractivity contribution in [3.8, 4) is 0 Å². The van der Waals surface area contributed by atoms with E-state index >= 15 is 0 Å². The second-order valence-electron chi connectivity index (χ2n) is 6.26. The Kier molecular flexibility index (Phi) is 5.83. The highest BCUT2D eigenvalue weighted by molar-refractivity contribution is 5.85. The van der Waals surface area contributed by atoms with Gasteiger partial charge in [-0.1, -0.05) is 13.3 Å². The van der Waals surface area contributed by atoms with Gasteiger partial charge in [0.25, 0.3) is 0 Å². The zero-order valence-electron chi connectivity index (χ0n) is 12.4. The molecule has 2 atom stereocenters. The molecule has 0 aromatic heterocycles. The van der Waals surface area contributed by atoms with Gasteiger partial charge >= 0.3 is 0 Å². The van der Waals surface area contributed by atoms with Crippen molar-refractivity contribution in [3.05, 3.63) is 0 Å². The lowest BCUT2D eigenvalue weighted by Crippen LogP contribution is -2.45. The molecule has 0 bridgehead atoms. The molecular weight excluding hydrogens is 238 g/mol. The quantitative estimate of drug-likeness (QED) is 0.770. The topological polar surface area (TPSA) is 38.3 Å². The van der Waals surface area contributed by atoms with Gasteiger partial charge in [0, 0.05) is 25.0 Å². The van der Waals surface area contributed by atoms with E-state index in [1.54, 1.807) is 0 Å². The van der Waals surface area contributed by atoms with Crippen LogP contribution in [0, 0.1) is 5.41 Å². The van der Waals surface area contributed by atoms with Crippen molar-refractivity contribution in [1.82, 2.24) is 5.32 Å². The van der Waals surface area contributed by atoms with Crippen LogP contribution in [0.3, 0.4) is 0 Å². The minimum absolute atomic E-state index is 0.0521. The summed E-state index contributed by atoms with van der Waals surface area (Å²) in [6.07, 6.45) is 10.1. The fourth-order valence-corrected chi connectivity index (χ4v) is 3.66. The lowest BCUT2D eigenvalue weighted by molar-refractivity contribution is -0.130. The van der Waals surface area contributed by atoms with Gasteiger partial charge in [-0.25, -0.2) is 0 Å². The minimum Gasteiger partial charge on any atom is -0.378 e. The molecule has 0 aliphatic carbocycles. The zero-order valence-corrected chi connectivity index (χ0v) is 12.4. The van der Waals surface area contributed by atoms with Crippen LogP contribution in [0.4, 0.5) is 0 Å². The van der Waals surface area contributed by atoms with E-state index in [1.165, 1.54) is 12.8 Å². The molecule has 2 fully saturated rings. The number of ketones is 1.